The van der Waals surface area contributed by atoms with Crippen molar-refractivity contribution in [2.75, 3.05) is 26.2 Å². The Morgan fingerprint density at radius 1 is 1.24 bits per heavy atom. The number of carbonyl (C=O) groups excluding carboxylic acids is 1. The number of rotatable bonds is 6. The number of carbonyl (C=O) groups is 1. The molecule has 2 heterocycles. The molecular formula is C20H31N3O2. The molecule has 1 amide bonds. The van der Waals surface area contributed by atoms with E-state index in [1.165, 1.54) is 19.4 Å². The summed E-state index contributed by atoms with van der Waals surface area (Å²) in [7, 11) is 0. The lowest BCUT2D eigenvalue weighted by Crippen LogP contribution is -2.46. The van der Waals surface area contributed by atoms with E-state index in [9.17, 15) is 9.59 Å². The minimum atomic E-state index is -0.0400. The molecule has 3 rings (SSSR count). The highest BCUT2D eigenvalue weighted by Crippen LogP contribution is 2.31. The van der Waals surface area contributed by atoms with Gasteiger partial charge in [-0.25, -0.2) is 0 Å². The second-order valence-corrected chi connectivity index (χ2v) is 7.93. The molecule has 1 atom stereocenters. The molecule has 5 nitrogen and oxygen atoms in total. The Morgan fingerprint density at radius 2 is 2.04 bits per heavy atom. The summed E-state index contributed by atoms with van der Waals surface area (Å²) in [6.07, 6.45) is 5.95. The van der Waals surface area contributed by atoms with E-state index >= 15 is 0 Å². The van der Waals surface area contributed by atoms with E-state index in [2.05, 4.69) is 18.7 Å². The van der Waals surface area contributed by atoms with Crippen molar-refractivity contribution in [1.82, 2.24) is 14.4 Å². The Morgan fingerprint density at radius 3 is 2.72 bits per heavy atom. The highest BCUT2D eigenvalue weighted by atomic mass is 16.2. The molecular weight excluding hydrogens is 314 g/mol. The minimum Gasteiger partial charge on any atom is -0.341 e. The van der Waals surface area contributed by atoms with Crippen molar-refractivity contribution in [3.05, 3.63) is 34.7 Å². The van der Waals surface area contributed by atoms with Gasteiger partial charge in [-0.1, -0.05) is 19.9 Å². The molecule has 138 valence electrons. The average molecular weight is 345 g/mol. The maximum absolute atomic E-state index is 12.7. The van der Waals surface area contributed by atoms with Crippen LogP contribution in [-0.2, 0) is 11.3 Å². The summed E-state index contributed by atoms with van der Waals surface area (Å²) >= 11 is 0. The predicted molar refractivity (Wildman–Crippen MR) is 99.4 cm³/mol. The molecule has 0 aromatic carbocycles. The summed E-state index contributed by atoms with van der Waals surface area (Å²) in [6, 6.07) is 5.56. The van der Waals surface area contributed by atoms with Crippen molar-refractivity contribution in [2.24, 2.45) is 11.8 Å². The molecule has 25 heavy (non-hydrogen) atoms. The lowest BCUT2D eigenvalue weighted by molar-refractivity contribution is -0.132. The Kier molecular flexibility index (Phi) is 5.94. The second kappa shape index (κ2) is 8.17. The quantitative estimate of drug-likeness (QED) is 0.794. The van der Waals surface area contributed by atoms with Crippen LogP contribution in [0.3, 0.4) is 0 Å². The van der Waals surface area contributed by atoms with Crippen molar-refractivity contribution in [2.45, 2.75) is 52.1 Å². The fourth-order valence-corrected chi connectivity index (χ4v) is 3.80. The van der Waals surface area contributed by atoms with Gasteiger partial charge in [0.1, 0.15) is 0 Å². The van der Waals surface area contributed by atoms with Crippen LogP contribution in [0.15, 0.2) is 29.2 Å². The topological polar surface area (TPSA) is 45.6 Å². The molecule has 1 saturated carbocycles. The van der Waals surface area contributed by atoms with E-state index in [-0.39, 0.29) is 11.5 Å². The molecule has 5 heteroatoms. The van der Waals surface area contributed by atoms with Gasteiger partial charge in [0.05, 0.1) is 0 Å². The van der Waals surface area contributed by atoms with Crippen LogP contribution in [0.25, 0.3) is 0 Å². The van der Waals surface area contributed by atoms with Gasteiger partial charge < -0.3 is 9.47 Å². The van der Waals surface area contributed by atoms with Crippen LogP contribution in [0.4, 0.5) is 0 Å². The van der Waals surface area contributed by atoms with E-state index in [1.807, 2.05) is 11.0 Å². The molecule has 1 aromatic rings. The molecule has 0 spiro atoms. The van der Waals surface area contributed by atoms with Crippen molar-refractivity contribution in [3.63, 3.8) is 0 Å². The summed E-state index contributed by atoms with van der Waals surface area (Å²) in [5.74, 6) is 1.60. The smallest absolute Gasteiger partial charge is 0.250 e. The van der Waals surface area contributed by atoms with Crippen LogP contribution in [0, 0.1) is 11.8 Å². The first kappa shape index (κ1) is 18.2. The lowest BCUT2D eigenvalue weighted by Gasteiger charge is -2.34. The summed E-state index contributed by atoms with van der Waals surface area (Å²) in [6.45, 7) is 8.96. The zero-order chi connectivity index (χ0) is 17.8. The maximum Gasteiger partial charge on any atom is 0.250 e. The summed E-state index contributed by atoms with van der Waals surface area (Å²) in [4.78, 5) is 29.2. The van der Waals surface area contributed by atoms with Crippen LogP contribution >= 0.6 is 0 Å². The van der Waals surface area contributed by atoms with Crippen molar-refractivity contribution >= 4 is 5.91 Å². The second-order valence-electron chi connectivity index (χ2n) is 7.93. The molecule has 2 fully saturated rings. The van der Waals surface area contributed by atoms with E-state index < -0.39 is 0 Å². The number of amides is 1. The molecule has 1 saturated heterocycles. The third-order valence-corrected chi connectivity index (χ3v) is 5.53. The average Bonchev–Trinajstić information content (AvgIpc) is 3.41. The zero-order valence-corrected chi connectivity index (χ0v) is 15.6. The molecule has 0 bridgehead atoms. The zero-order valence-electron chi connectivity index (χ0n) is 15.6. The van der Waals surface area contributed by atoms with Crippen molar-refractivity contribution < 1.29 is 4.79 Å². The number of hydrogen-bond acceptors (Lipinski definition) is 3. The molecule has 0 N–H and O–H groups in total. The van der Waals surface area contributed by atoms with Gasteiger partial charge in [0, 0.05) is 57.4 Å². The Hall–Kier alpha value is -1.62. The Bertz CT molecular complexity index is 636. The monoisotopic (exact) mass is 345 g/mol. The van der Waals surface area contributed by atoms with Crippen LogP contribution in [0.1, 0.15) is 39.5 Å². The van der Waals surface area contributed by atoms with Crippen molar-refractivity contribution in [1.29, 1.82) is 0 Å². The summed E-state index contributed by atoms with van der Waals surface area (Å²) < 4.78 is 1.62. The van der Waals surface area contributed by atoms with E-state index in [4.69, 9.17) is 0 Å². The first-order chi connectivity index (χ1) is 12.0. The van der Waals surface area contributed by atoms with Gasteiger partial charge in [-0.2, -0.15) is 0 Å². The molecule has 0 unspecified atom stereocenters. The molecule has 1 aromatic heterocycles. The highest BCUT2D eigenvalue weighted by Gasteiger charge is 2.33. The Balaban J connectivity index is 1.59. The van der Waals surface area contributed by atoms with Gasteiger partial charge in [0.2, 0.25) is 5.91 Å². The van der Waals surface area contributed by atoms with Crippen LogP contribution < -0.4 is 5.56 Å². The van der Waals surface area contributed by atoms with E-state index in [0.29, 0.717) is 24.9 Å². The van der Waals surface area contributed by atoms with Crippen molar-refractivity contribution in [3.8, 4) is 0 Å². The van der Waals surface area contributed by atoms with Gasteiger partial charge in [0.15, 0.2) is 0 Å². The van der Waals surface area contributed by atoms with E-state index in [0.717, 1.165) is 32.0 Å². The number of pyridine rings is 1. The van der Waals surface area contributed by atoms with Gasteiger partial charge >= 0.3 is 0 Å². The first-order valence-electron chi connectivity index (χ1n) is 9.72. The third-order valence-electron chi connectivity index (χ3n) is 5.53. The molecule has 1 aliphatic heterocycles. The molecule has 2 aliphatic rings. The van der Waals surface area contributed by atoms with Crippen LogP contribution in [0.2, 0.25) is 0 Å². The number of aryl methyl sites for hydroxylation is 1. The summed E-state index contributed by atoms with van der Waals surface area (Å²) in [5.41, 5.74) is -0.0400. The van der Waals surface area contributed by atoms with E-state index in [1.54, 1.807) is 22.9 Å². The van der Waals surface area contributed by atoms with Gasteiger partial charge in [-0.15, -0.1) is 0 Å². The van der Waals surface area contributed by atoms with Crippen LogP contribution in [0.5, 0.6) is 0 Å². The van der Waals surface area contributed by atoms with Gasteiger partial charge in [-0.05, 0) is 37.2 Å². The number of nitrogens with zero attached hydrogens (tertiary/aromatic N) is 3. The fraction of sp³-hybridized carbons (Fsp3) is 0.700. The fourth-order valence-electron chi connectivity index (χ4n) is 3.80. The van der Waals surface area contributed by atoms with Gasteiger partial charge in [-0.3, -0.25) is 14.5 Å². The first-order valence-corrected chi connectivity index (χ1v) is 9.72. The normalized spacial score (nSPS) is 22.2. The minimum absolute atomic E-state index is 0.0400. The lowest BCUT2D eigenvalue weighted by atomic mass is 10.0. The SMILES string of the molecule is CC(C)[C@H]1CN(C(=O)CCn2ccccc2=O)CCCN1CC1CC1. The van der Waals surface area contributed by atoms with Gasteiger partial charge in [0.25, 0.3) is 5.56 Å². The largest absolute Gasteiger partial charge is 0.341 e. The highest BCUT2D eigenvalue weighted by molar-refractivity contribution is 5.76. The summed E-state index contributed by atoms with van der Waals surface area (Å²) in [5, 5.41) is 0. The molecule has 1 aliphatic carbocycles. The molecule has 0 radical (unpaired) electrons. The third kappa shape index (κ3) is 4.94. The number of aromatic nitrogens is 1. The maximum atomic E-state index is 12.7. The Labute approximate surface area is 150 Å². The standard InChI is InChI=1S/C20H31N3O2/c1-16(2)18-15-23(12-5-11-22(18)14-17-7-8-17)20(25)9-13-21-10-4-3-6-19(21)24/h3-4,6,10,16-18H,5,7-9,11-15H2,1-2H3/t18-/m1/s1. The van der Waals surface area contributed by atoms with Crippen LogP contribution in [-0.4, -0.2) is 52.5 Å². The predicted octanol–water partition coefficient (Wildman–Crippen LogP) is 2.21. The number of hydrogen-bond donors (Lipinski definition) is 0.